The minimum absolute atomic E-state index is 0.150. The molecule has 3 aliphatic rings. The van der Waals surface area contributed by atoms with Gasteiger partial charge in [0.05, 0.1) is 11.6 Å². The summed E-state index contributed by atoms with van der Waals surface area (Å²) in [5, 5.41) is 1.08. The first-order chi connectivity index (χ1) is 13.8. The molecule has 0 amide bonds. The summed E-state index contributed by atoms with van der Waals surface area (Å²) in [6, 6.07) is 8.00. The van der Waals surface area contributed by atoms with Crippen LogP contribution in [0.2, 0.25) is 0 Å². The zero-order valence-corrected chi connectivity index (χ0v) is 16.3. The van der Waals surface area contributed by atoms with Gasteiger partial charge in [0.1, 0.15) is 5.70 Å². The highest BCUT2D eigenvalue weighted by atomic mass is 19.4. The molecule has 29 heavy (non-hydrogen) atoms. The zero-order valence-electron chi connectivity index (χ0n) is 16.3. The average Bonchev–Trinajstić information content (AvgIpc) is 3.05. The second-order valence-corrected chi connectivity index (χ2v) is 8.32. The Morgan fingerprint density at radius 3 is 2.83 bits per heavy atom. The van der Waals surface area contributed by atoms with Gasteiger partial charge in [-0.2, -0.15) is 13.2 Å². The number of esters is 1. The summed E-state index contributed by atoms with van der Waals surface area (Å²) in [6.07, 6.45) is 1.00. The number of hydrogen-bond acceptors (Lipinski definition) is 3. The molecule has 5 rings (SSSR count). The molecule has 0 spiro atoms. The van der Waals surface area contributed by atoms with E-state index in [9.17, 15) is 18.0 Å². The van der Waals surface area contributed by atoms with Crippen molar-refractivity contribution in [2.75, 3.05) is 19.7 Å². The highest BCUT2D eigenvalue weighted by Gasteiger charge is 2.51. The van der Waals surface area contributed by atoms with E-state index in [-0.39, 0.29) is 17.2 Å². The number of carbonyl (C=O) groups is 1. The van der Waals surface area contributed by atoms with E-state index in [1.165, 1.54) is 5.56 Å². The van der Waals surface area contributed by atoms with Crippen molar-refractivity contribution in [3.05, 3.63) is 41.6 Å². The van der Waals surface area contributed by atoms with Crippen LogP contribution in [-0.2, 0) is 16.0 Å². The number of rotatable bonds is 3. The lowest BCUT2D eigenvalue weighted by molar-refractivity contribution is -0.182. The summed E-state index contributed by atoms with van der Waals surface area (Å²) >= 11 is 0. The molecule has 1 aromatic carbocycles. The van der Waals surface area contributed by atoms with Crippen molar-refractivity contribution in [3.63, 3.8) is 0 Å². The average molecular weight is 404 g/mol. The zero-order chi connectivity index (χ0) is 20.4. The van der Waals surface area contributed by atoms with Gasteiger partial charge in [-0.05, 0) is 49.9 Å². The minimum atomic E-state index is -4.55. The van der Waals surface area contributed by atoms with Crippen molar-refractivity contribution in [3.8, 4) is 0 Å². The van der Waals surface area contributed by atoms with Crippen LogP contribution in [0.3, 0.4) is 0 Å². The molecule has 1 fully saturated rings. The second-order valence-electron chi connectivity index (χ2n) is 8.32. The molecule has 0 bridgehead atoms. The topological polar surface area (TPSA) is 34.5 Å². The lowest BCUT2D eigenvalue weighted by atomic mass is 9.66. The molecule has 1 saturated heterocycles. The predicted molar refractivity (Wildman–Crippen MR) is 103 cm³/mol. The summed E-state index contributed by atoms with van der Waals surface area (Å²) in [5.74, 6) is -0.903. The number of ether oxygens (including phenoxy) is 1. The molecule has 1 aromatic heterocycles. The van der Waals surface area contributed by atoms with Crippen LogP contribution < -0.4 is 0 Å². The van der Waals surface area contributed by atoms with Gasteiger partial charge in [-0.25, -0.2) is 4.79 Å². The number of fused-ring (bicyclic) bond motifs is 3. The number of halogens is 3. The third kappa shape index (κ3) is 2.74. The molecule has 0 aliphatic carbocycles. The predicted octanol–water partition coefficient (Wildman–Crippen LogP) is 4.69. The molecular weight excluding hydrogens is 381 g/mol. The fourth-order valence-corrected chi connectivity index (χ4v) is 5.65. The van der Waals surface area contributed by atoms with Gasteiger partial charge in [-0.1, -0.05) is 25.1 Å². The number of para-hydroxylation sites is 1. The first-order valence-electron chi connectivity index (χ1n) is 10.2. The highest BCUT2D eigenvalue weighted by Crippen LogP contribution is 2.57. The van der Waals surface area contributed by atoms with Crippen LogP contribution in [0.1, 0.15) is 43.5 Å². The maximum atomic E-state index is 12.9. The first kappa shape index (κ1) is 18.7. The third-order valence-electron chi connectivity index (χ3n) is 6.82. The molecule has 4 nitrogen and oxygen atoms in total. The highest BCUT2D eigenvalue weighted by molar-refractivity contribution is 6.13. The summed E-state index contributed by atoms with van der Waals surface area (Å²) in [5.41, 5.74) is 3.12. The lowest BCUT2D eigenvalue weighted by Gasteiger charge is -2.53. The van der Waals surface area contributed by atoms with Gasteiger partial charge in [-0.3, -0.25) is 4.90 Å². The van der Waals surface area contributed by atoms with E-state index in [1.807, 2.05) is 34.9 Å². The van der Waals surface area contributed by atoms with Crippen LogP contribution in [-0.4, -0.2) is 41.3 Å². The summed E-state index contributed by atoms with van der Waals surface area (Å²) < 4.78 is 44.7. The standard InChI is InChI=1S/C22H23F3N2O2/c1-2-21-9-5-10-26-11-8-15-14-6-3-4-7-16(14)27(18(15)19(21)26)17(12-21)20(28)29-13-22(23,24)25/h3-4,6-7,12,19H,2,5,8-11,13H2,1H3/t19-,21+/m1/s1. The Kier molecular flexibility index (Phi) is 4.11. The monoisotopic (exact) mass is 404 g/mol. The Hall–Kier alpha value is -2.28. The summed E-state index contributed by atoms with van der Waals surface area (Å²) in [6.45, 7) is 2.51. The van der Waals surface area contributed by atoms with Gasteiger partial charge < -0.3 is 9.30 Å². The van der Waals surface area contributed by atoms with Crippen molar-refractivity contribution in [1.82, 2.24) is 9.47 Å². The van der Waals surface area contributed by atoms with Gasteiger partial charge in [0.15, 0.2) is 6.61 Å². The number of carbonyl (C=O) groups excluding carboxylic acids is 1. The van der Waals surface area contributed by atoms with Gasteiger partial charge in [0.2, 0.25) is 0 Å². The second kappa shape index (κ2) is 6.36. The van der Waals surface area contributed by atoms with Crippen molar-refractivity contribution >= 4 is 22.6 Å². The van der Waals surface area contributed by atoms with E-state index in [2.05, 4.69) is 11.8 Å². The lowest BCUT2D eigenvalue weighted by Crippen LogP contribution is -2.51. The molecule has 2 aromatic rings. The molecule has 7 heteroatoms. The third-order valence-corrected chi connectivity index (χ3v) is 6.82. The molecule has 0 radical (unpaired) electrons. The van der Waals surface area contributed by atoms with Crippen molar-refractivity contribution in [2.45, 2.75) is 44.8 Å². The number of hydrogen-bond donors (Lipinski definition) is 0. The number of aromatic nitrogens is 1. The SMILES string of the molecule is CC[C@@]12C=C(C(=O)OCC(F)(F)F)n3c4c(c5ccccc53)CCN(CCC1)[C@H]42. The maximum absolute atomic E-state index is 12.9. The fraction of sp³-hybridized carbons (Fsp3) is 0.500. The van der Waals surface area contributed by atoms with Crippen molar-refractivity contribution in [2.24, 2.45) is 5.41 Å². The Morgan fingerprint density at radius 2 is 2.07 bits per heavy atom. The van der Waals surface area contributed by atoms with Crippen LogP contribution in [0.4, 0.5) is 13.2 Å². The van der Waals surface area contributed by atoms with Crippen LogP contribution in [0, 0.1) is 5.41 Å². The maximum Gasteiger partial charge on any atom is 0.422 e. The Labute approximate surface area is 166 Å². The van der Waals surface area contributed by atoms with Gasteiger partial charge in [0.25, 0.3) is 0 Å². The van der Waals surface area contributed by atoms with Gasteiger partial charge in [-0.15, -0.1) is 0 Å². The molecular formula is C22H23F3N2O2. The fourth-order valence-electron chi connectivity index (χ4n) is 5.65. The molecule has 0 saturated carbocycles. The van der Waals surface area contributed by atoms with Crippen LogP contribution in [0.15, 0.2) is 30.3 Å². The minimum Gasteiger partial charge on any atom is -0.451 e. The van der Waals surface area contributed by atoms with Gasteiger partial charge in [0, 0.05) is 23.0 Å². The van der Waals surface area contributed by atoms with Crippen molar-refractivity contribution in [1.29, 1.82) is 0 Å². The number of piperidine rings is 1. The molecule has 2 atom stereocenters. The van der Waals surface area contributed by atoms with E-state index < -0.39 is 18.8 Å². The van der Waals surface area contributed by atoms with Gasteiger partial charge >= 0.3 is 12.1 Å². The Bertz CT molecular complexity index is 1020. The van der Waals surface area contributed by atoms with E-state index in [1.54, 1.807) is 0 Å². The molecule has 154 valence electrons. The smallest absolute Gasteiger partial charge is 0.422 e. The molecule has 3 aliphatic heterocycles. The summed E-state index contributed by atoms with van der Waals surface area (Å²) in [4.78, 5) is 15.4. The quantitative estimate of drug-likeness (QED) is 0.696. The Morgan fingerprint density at radius 1 is 1.28 bits per heavy atom. The van der Waals surface area contributed by atoms with E-state index in [4.69, 9.17) is 4.74 Å². The molecule has 0 unspecified atom stereocenters. The number of benzene rings is 1. The van der Waals surface area contributed by atoms with Crippen LogP contribution in [0.25, 0.3) is 16.6 Å². The Balaban J connectivity index is 1.73. The first-order valence-corrected chi connectivity index (χ1v) is 10.2. The summed E-state index contributed by atoms with van der Waals surface area (Å²) in [7, 11) is 0. The largest absolute Gasteiger partial charge is 0.451 e. The molecule has 4 heterocycles. The molecule has 0 N–H and O–H groups in total. The number of nitrogens with zero attached hydrogens (tertiary/aromatic N) is 2. The normalized spacial score (nSPS) is 26.2. The van der Waals surface area contributed by atoms with E-state index in [0.717, 1.165) is 55.4 Å². The number of alkyl halides is 3. The van der Waals surface area contributed by atoms with Crippen LogP contribution >= 0.6 is 0 Å². The van der Waals surface area contributed by atoms with Crippen molar-refractivity contribution < 1.29 is 22.7 Å². The van der Waals surface area contributed by atoms with E-state index in [0.29, 0.717) is 0 Å². The van der Waals surface area contributed by atoms with E-state index >= 15 is 0 Å². The van der Waals surface area contributed by atoms with Crippen LogP contribution in [0.5, 0.6) is 0 Å².